The normalized spacial score (nSPS) is 23.9. The highest BCUT2D eigenvalue weighted by atomic mass is 32.2. The molecular weight excluding hydrogens is 244 g/mol. The van der Waals surface area contributed by atoms with Gasteiger partial charge in [-0.05, 0) is 18.8 Å². The molecule has 5 heteroatoms. The summed E-state index contributed by atoms with van der Waals surface area (Å²) in [4.78, 5) is 8.89. The van der Waals surface area contributed by atoms with Gasteiger partial charge in [0.2, 0.25) is 0 Å². The molecule has 1 aromatic rings. The van der Waals surface area contributed by atoms with Crippen LogP contribution >= 0.6 is 11.8 Å². The first-order valence-electron chi connectivity index (χ1n) is 6.72. The Hall–Kier alpha value is -0.810. The monoisotopic (exact) mass is 266 g/mol. The predicted molar refractivity (Wildman–Crippen MR) is 76.5 cm³/mol. The average Bonchev–Trinajstić information content (AvgIpc) is 2.38. The number of aryl methyl sites for hydroxylation is 1. The number of rotatable bonds is 4. The summed E-state index contributed by atoms with van der Waals surface area (Å²) in [6.07, 6.45) is 6.14. The molecule has 1 aromatic heterocycles. The van der Waals surface area contributed by atoms with Gasteiger partial charge in [0.15, 0.2) is 0 Å². The van der Waals surface area contributed by atoms with Crippen LogP contribution < -0.4 is 11.3 Å². The van der Waals surface area contributed by atoms with Crippen LogP contribution in [0.4, 0.5) is 5.82 Å². The fourth-order valence-electron chi connectivity index (χ4n) is 2.42. The molecule has 2 atom stereocenters. The van der Waals surface area contributed by atoms with Crippen LogP contribution in [0.25, 0.3) is 0 Å². The van der Waals surface area contributed by atoms with Gasteiger partial charge in [0.05, 0.1) is 0 Å². The number of aromatic nitrogens is 2. The SMILES string of the molecule is CCc1nc(NN)cc(SC2CCCC(C)C2)n1. The van der Waals surface area contributed by atoms with Gasteiger partial charge in [-0.2, -0.15) is 0 Å². The largest absolute Gasteiger partial charge is 0.308 e. The average molecular weight is 266 g/mol. The van der Waals surface area contributed by atoms with Gasteiger partial charge < -0.3 is 5.43 Å². The second kappa shape index (κ2) is 6.38. The third-order valence-electron chi connectivity index (χ3n) is 3.39. The zero-order valence-electron chi connectivity index (χ0n) is 11.1. The van der Waals surface area contributed by atoms with E-state index < -0.39 is 0 Å². The molecule has 3 N–H and O–H groups in total. The molecule has 1 fully saturated rings. The first-order chi connectivity index (χ1) is 8.71. The minimum Gasteiger partial charge on any atom is -0.308 e. The predicted octanol–water partition coefficient (Wildman–Crippen LogP) is 3.00. The Labute approximate surface area is 113 Å². The number of hydrazine groups is 1. The molecule has 2 unspecified atom stereocenters. The van der Waals surface area contributed by atoms with Gasteiger partial charge in [-0.25, -0.2) is 15.8 Å². The molecule has 1 heterocycles. The number of nitrogens with zero attached hydrogens (tertiary/aromatic N) is 2. The van der Waals surface area contributed by atoms with Gasteiger partial charge in [-0.15, -0.1) is 11.8 Å². The Bertz CT molecular complexity index is 374. The Balaban J connectivity index is 2.07. The fraction of sp³-hybridized carbons (Fsp3) is 0.692. The number of nitrogens with two attached hydrogens (primary N) is 1. The van der Waals surface area contributed by atoms with E-state index in [1.165, 1.54) is 25.7 Å². The van der Waals surface area contributed by atoms with Gasteiger partial charge in [0, 0.05) is 17.7 Å². The smallest absolute Gasteiger partial charge is 0.144 e. The summed E-state index contributed by atoms with van der Waals surface area (Å²) in [5.41, 5.74) is 2.62. The van der Waals surface area contributed by atoms with Crippen LogP contribution in [-0.2, 0) is 6.42 Å². The van der Waals surface area contributed by atoms with E-state index >= 15 is 0 Å². The van der Waals surface area contributed by atoms with Gasteiger partial charge in [-0.1, -0.05) is 26.7 Å². The molecule has 1 saturated carbocycles. The lowest BCUT2D eigenvalue weighted by atomic mass is 9.91. The van der Waals surface area contributed by atoms with Crippen molar-refractivity contribution in [2.24, 2.45) is 11.8 Å². The van der Waals surface area contributed by atoms with Gasteiger partial charge in [0.25, 0.3) is 0 Å². The number of nitrogens with one attached hydrogen (secondary N) is 1. The molecule has 0 aliphatic heterocycles. The van der Waals surface area contributed by atoms with E-state index in [-0.39, 0.29) is 0 Å². The maximum atomic E-state index is 5.45. The van der Waals surface area contributed by atoms with Crippen molar-refractivity contribution in [2.45, 2.75) is 56.2 Å². The molecule has 2 rings (SSSR count). The highest BCUT2D eigenvalue weighted by Gasteiger charge is 2.20. The van der Waals surface area contributed by atoms with E-state index in [4.69, 9.17) is 5.84 Å². The standard InChI is InChI=1S/C13H22N4S/c1-3-11-15-12(17-14)8-13(16-11)18-10-6-4-5-9(2)7-10/h8-10H,3-7,14H2,1-2H3,(H,15,16,17). The number of anilines is 1. The van der Waals surface area contributed by atoms with Crippen molar-refractivity contribution in [3.63, 3.8) is 0 Å². The third-order valence-corrected chi connectivity index (χ3v) is 4.60. The van der Waals surface area contributed by atoms with E-state index in [2.05, 4.69) is 29.2 Å². The summed E-state index contributed by atoms with van der Waals surface area (Å²) in [6, 6.07) is 1.95. The van der Waals surface area contributed by atoms with Crippen LogP contribution in [0.15, 0.2) is 11.1 Å². The second-order valence-electron chi connectivity index (χ2n) is 5.02. The van der Waals surface area contributed by atoms with Crippen molar-refractivity contribution in [1.82, 2.24) is 9.97 Å². The Morgan fingerprint density at radius 2 is 2.28 bits per heavy atom. The molecule has 0 aromatic carbocycles. The van der Waals surface area contributed by atoms with Crippen LogP contribution in [-0.4, -0.2) is 15.2 Å². The zero-order chi connectivity index (χ0) is 13.0. The summed E-state index contributed by atoms with van der Waals surface area (Å²) >= 11 is 1.88. The highest BCUT2D eigenvalue weighted by molar-refractivity contribution is 7.99. The number of nitrogen functional groups attached to an aromatic ring is 1. The molecule has 1 aliphatic carbocycles. The number of hydrogen-bond donors (Lipinski definition) is 2. The molecule has 0 spiro atoms. The Morgan fingerprint density at radius 3 is 2.94 bits per heavy atom. The second-order valence-corrected chi connectivity index (χ2v) is 6.34. The first-order valence-corrected chi connectivity index (χ1v) is 7.60. The number of thioether (sulfide) groups is 1. The Kier molecular flexibility index (Phi) is 4.83. The molecule has 0 bridgehead atoms. The van der Waals surface area contributed by atoms with E-state index in [0.717, 1.165) is 23.2 Å². The molecular formula is C13H22N4S. The fourth-order valence-corrected chi connectivity index (χ4v) is 3.81. The van der Waals surface area contributed by atoms with Crippen LogP contribution in [0.3, 0.4) is 0 Å². The topological polar surface area (TPSA) is 63.8 Å². The minimum atomic E-state index is 0.694. The first kappa shape index (κ1) is 13.6. The lowest BCUT2D eigenvalue weighted by Gasteiger charge is -2.25. The lowest BCUT2D eigenvalue weighted by molar-refractivity contribution is 0.394. The molecule has 1 aliphatic rings. The molecule has 4 nitrogen and oxygen atoms in total. The van der Waals surface area contributed by atoms with E-state index in [1.54, 1.807) is 0 Å². The van der Waals surface area contributed by atoms with Crippen molar-refractivity contribution in [3.05, 3.63) is 11.9 Å². The summed E-state index contributed by atoms with van der Waals surface area (Å²) in [5.74, 6) is 7.87. The van der Waals surface area contributed by atoms with Gasteiger partial charge in [-0.3, -0.25) is 0 Å². The molecule has 0 radical (unpaired) electrons. The Morgan fingerprint density at radius 1 is 1.44 bits per heavy atom. The highest BCUT2D eigenvalue weighted by Crippen LogP contribution is 2.35. The summed E-state index contributed by atoms with van der Waals surface area (Å²) < 4.78 is 0. The summed E-state index contributed by atoms with van der Waals surface area (Å²) in [7, 11) is 0. The van der Waals surface area contributed by atoms with Crippen LogP contribution in [0.2, 0.25) is 0 Å². The minimum absolute atomic E-state index is 0.694. The number of hydrogen-bond acceptors (Lipinski definition) is 5. The van der Waals surface area contributed by atoms with Crippen LogP contribution in [0, 0.1) is 5.92 Å². The van der Waals surface area contributed by atoms with Gasteiger partial charge >= 0.3 is 0 Å². The lowest BCUT2D eigenvalue weighted by Crippen LogP contribution is -2.16. The van der Waals surface area contributed by atoms with Crippen LogP contribution in [0.1, 0.15) is 45.4 Å². The zero-order valence-corrected chi connectivity index (χ0v) is 12.0. The van der Waals surface area contributed by atoms with E-state index in [1.807, 2.05) is 17.8 Å². The van der Waals surface area contributed by atoms with Crippen molar-refractivity contribution in [2.75, 3.05) is 5.43 Å². The maximum absolute atomic E-state index is 5.45. The summed E-state index contributed by atoms with van der Waals surface area (Å²) in [6.45, 7) is 4.41. The third kappa shape index (κ3) is 3.59. The van der Waals surface area contributed by atoms with Gasteiger partial charge in [0.1, 0.15) is 16.7 Å². The van der Waals surface area contributed by atoms with E-state index in [9.17, 15) is 0 Å². The summed E-state index contributed by atoms with van der Waals surface area (Å²) in [5, 5.41) is 1.74. The molecule has 100 valence electrons. The van der Waals surface area contributed by atoms with Crippen molar-refractivity contribution < 1.29 is 0 Å². The molecule has 0 amide bonds. The van der Waals surface area contributed by atoms with Crippen molar-refractivity contribution in [1.29, 1.82) is 0 Å². The van der Waals surface area contributed by atoms with Crippen molar-refractivity contribution >= 4 is 17.6 Å². The molecule has 18 heavy (non-hydrogen) atoms. The molecule has 0 saturated heterocycles. The quantitative estimate of drug-likeness (QED) is 0.498. The van der Waals surface area contributed by atoms with E-state index in [0.29, 0.717) is 11.1 Å². The van der Waals surface area contributed by atoms with Crippen molar-refractivity contribution in [3.8, 4) is 0 Å². The maximum Gasteiger partial charge on any atom is 0.144 e. The van der Waals surface area contributed by atoms with Crippen LogP contribution in [0.5, 0.6) is 0 Å².